The number of hydrogen-bond donors (Lipinski definition) is 2. The quantitative estimate of drug-likeness (QED) is 0.143. The topological polar surface area (TPSA) is 168 Å². The lowest BCUT2D eigenvalue weighted by atomic mass is 9.82. The fraction of sp³-hybridized carbons (Fsp3) is 0.675. The van der Waals surface area contributed by atoms with Crippen LogP contribution in [0.15, 0.2) is 29.8 Å². The first-order chi connectivity index (χ1) is 25.7. The molecule has 7 atom stereocenters. The molecule has 1 saturated heterocycles. The van der Waals surface area contributed by atoms with Gasteiger partial charge in [0, 0.05) is 75.1 Å². The molecular formula is C40H61N5O8S. The second-order valence-electron chi connectivity index (χ2n) is 15.1. The Bertz CT molecular complexity index is 1520. The van der Waals surface area contributed by atoms with Crippen molar-refractivity contribution in [2.45, 2.75) is 117 Å². The molecule has 13 nitrogen and oxygen atoms in total. The number of likely N-dealkylation sites (N-methyl/N-ethyl adjacent to an activating group) is 1. The van der Waals surface area contributed by atoms with Crippen LogP contribution in [0.5, 0.6) is 0 Å². The molecule has 0 saturated carbocycles. The van der Waals surface area contributed by atoms with E-state index in [0.717, 1.165) is 32.2 Å². The number of thiazole rings is 1. The van der Waals surface area contributed by atoms with Gasteiger partial charge >= 0.3 is 11.9 Å². The van der Waals surface area contributed by atoms with Crippen molar-refractivity contribution in [3.05, 3.63) is 46.2 Å². The van der Waals surface area contributed by atoms with E-state index in [2.05, 4.69) is 20.2 Å². The summed E-state index contributed by atoms with van der Waals surface area (Å²) in [7, 11) is 3.56. The molecule has 0 radical (unpaired) electrons. The lowest BCUT2D eigenvalue weighted by Gasteiger charge is -2.39. The van der Waals surface area contributed by atoms with E-state index in [1.807, 2.05) is 46.9 Å². The van der Waals surface area contributed by atoms with Crippen LogP contribution in [0.1, 0.15) is 114 Å². The number of rotatable bonds is 22. The molecule has 2 amide bonds. The number of hydrogen-bond acceptors (Lipinski definition) is 11. The number of carbonyl (C=O) groups excluding carboxylic acids is 4. The van der Waals surface area contributed by atoms with Gasteiger partial charge < -0.3 is 24.8 Å². The zero-order valence-electron chi connectivity index (χ0n) is 33.3. The van der Waals surface area contributed by atoms with Gasteiger partial charge in [0.2, 0.25) is 5.91 Å². The van der Waals surface area contributed by atoms with E-state index in [9.17, 15) is 29.1 Å². The second-order valence-corrected chi connectivity index (χ2v) is 16.0. The van der Waals surface area contributed by atoms with Crippen molar-refractivity contribution in [2.75, 3.05) is 33.9 Å². The number of amides is 2. The lowest BCUT2D eigenvalue weighted by molar-refractivity contribution is -0.150. The highest BCUT2D eigenvalue weighted by molar-refractivity contribution is 7.09. The maximum atomic E-state index is 14.7. The van der Waals surface area contributed by atoms with E-state index >= 15 is 0 Å². The van der Waals surface area contributed by atoms with Crippen LogP contribution >= 0.6 is 11.3 Å². The number of Topliss-reactive ketones (excluding diaryl/α,β-unsaturated/α-hetero) is 1. The molecule has 0 spiro atoms. The number of nitrogens with zero attached hydrogens (tertiary/aromatic N) is 4. The number of pyridine rings is 1. The minimum absolute atomic E-state index is 0.0440. The zero-order valence-corrected chi connectivity index (χ0v) is 34.1. The molecule has 3 heterocycles. The molecule has 1 fully saturated rings. The highest BCUT2D eigenvalue weighted by Crippen LogP contribution is 2.33. The van der Waals surface area contributed by atoms with Gasteiger partial charge in [0.05, 0.1) is 18.6 Å². The number of carboxylic acid groups (broad SMARTS) is 1. The predicted molar refractivity (Wildman–Crippen MR) is 207 cm³/mol. The van der Waals surface area contributed by atoms with Gasteiger partial charge in [0.1, 0.15) is 10.7 Å². The second kappa shape index (κ2) is 22.0. The number of ketones is 1. The zero-order chi connectivity index (χ0) is 39.9. The van der Waals surface area contributed by atoms with Gasteiger partial charge in [0.25, 0.3) is 5.91 Å². The third-order valence-electron chi connectivity index (χ3n) is 10.6. The van der Waals surface area contributed by atoms with Gasteiger partial charge in [-0.25, -0.2) is 4.98 Å². The SMILES string of the molecule is CCC(C)C(CC(=O)C1CCCCN1C)C(=O)N(CCOC)[C@H](C[C@@H](OC(C)=O)c1nc(C(=O)N[C@@H](Cc2ccccn2)C[C@H](C)C(=O)O)cs1)C(C)C. The fourth-order valence-corrected chi connectivity index (χ4v) is 8.00. The fourth-order valence-electron chi connectivity index (χ4n) is 7.16. The van der Waals surface area contributed by atoms with Crippen molar-refractivity contribution in [1.82, 2.24) is 25.1 Å². The molecule has 0 bridgehead atoms. The Hall–Kier alpha value is -3.75. The van der Waals surface area contributed by atoms with Crippen molar-refractivity contribution >= 4 is 40.9 Å². The molecule has 1 aliphatic rings. The summed E-state index contributed by atoms with van der Waals surface area (Å²) in [5.74, 6) is -3.37. The minimum atomic E-state index is -0.966. The molecule has 0 aromatic carbocycles. The van der Waals surface area contributed by atoms with E-state index < -0.39 is 47.9 Å². The number of likely N-dealkylation sites (tertiary alicyclic amines) is 1. The summed E-state index contributed by atoms with van der Waals surface area (Å²) >= 11 is 1.18. The van der Waals surface area contributed by atoms with Gasteiger partial charge in [-0.2, -0.15) is 0 Å². The van der Waals surface area contributed by atoms with Crippen molar-refractivity contribution in [3.63, 3.8) is 0 Å². The predicted octanol–water partition coefficient (Wildman–Crippen LogP) is 5.59. The van der Waals surface area contributed by atoms with Crippen LogP contribution in [0.2, 0.25) is 0 Å². The highest BCUT2D eigenvalue weighted by Gasteiger charge is 2.39. The van der Waals surface area contributed by atoms with E-state index in [-0.39, 0.29) is 67.7 Å². The average molecular weight is 772 g/mol. The smallest absolute Gasteiger partial charge is 0.306 e. The Morgan fingerprint density at radius 3 is 2.44 bits per heavy atom. The summed E-state index contributed by atoms with van der Waals surface area (Å²) in [5.41, 5.74) is 0.820. The van der Waals surface area contributed by atoms with Crippen molar-refractivity contribution < 1.29 is 38.6 Å². The molecule has 300 valence electrons. The van der Waals surface area contributed by atoms with Crippen LogP contribution in [0.25, 0.3) is 0 Å². The van der Waals surface area contributed by atoms with E-state index in [1.54, 1.807) is 36.6 Å². The molecule has 3 rings (SSSR count). The number of ether oxygens (including phenoxy) is 2. The van der Waals surface area contributed by atoms with E-state index in [4.69, 9.17) is 9.47 Å². The summed E-state index contributed by atoms with van der Waals surface area (Å²) < 4.78 is 11.3. The number of aliphatic carboxylic acids is 1. The van der Waals surface area contributed by atoms with Gasteiger partial charge in [-0.05, 0) is 56.8 Å². The number of esters is 1. The summed E-state index contributed by atoms with van der Waals surface area (Å²) in [6, 6.07) is 4.30. The summed E-state index contributed by atoms with van der Waals surface area (Å²) in [6.45, 7) is 12.4. The van der Waals surface area contributed by atoms with Crippen LogP contribution in [0, 0.1) is 23.7 Å². The van der Waals surface area contributed by atoms with Crippen molar-refractivity contribution in [3.8, 4) is 0 Å². The van der Waals surface area contributed by atoms with E-state index in [1.165, 1.54) is 18.3 Å². The van der Waals surface area contributed by atoms with Gasteiger partial charge in [-0.15, -0.1) is 11.3 Å². The third kappa shape index (κ3) is 13.2. The van der Waals surface area contributed by atoms with Gasteiger partial charge in [0.15, 0.2) is 11.9 Å². The molecule has 3 unspecified atom stereocenters. The highest BCUT2D eigenvalue weighted by atomic mass is 32.1. The van der Waals surface area contributed by atoms with Crippen LogP contribution < -0.4 is 5.32 Å². The molecule has 2 aromatic rings. The summed E-state index contributed by atoms with van der Waals surface area (Å²) in [6.07, 6.45) is 5.24. The number of aromatic nitrogens is 2. The van der Waals surface area contributed by atoms with Gasteiger partial charge in [-0.3, -0.25) is 33.9 Å². The number of methoxy groups -OCH3 is 1. The minimum Gasteiger partial charge on any atom is -0.481 e. The Balaban J connectivity index is 1.89. The normalized spacial score (nSPS) is 18.2. The van der Waals surface area contributed by atoms with Gasteiger partial charge in [-0.1, -0.05) is 53.5 Å². The molecule has 0 aliphatic carbocycles. The molecule has 2 N–H and O–H groups in total. The number of nitrogens with one attached hydrogen (secondary N) is 1. The summed E-state index contributed by atoms with van der Waals surface area (Å²) in [4.78, 5) is 78.9. The van der Waals surface area contributed by atoms with Crippen molar-refractivity contribution in [2.24, 2.45) is 23.7 Å². The first-order valence-electron chi connectivity index (χ1n) is 19.2. The number of carbonyl (C=O) groups is 5. The first-order valence-corrected chi connectivity index (χ1v) is 20.1. The maximum absolute atomic E-state index is 14.7. The average Bonchev–Trinajstić information content (AvgIpc) is 3.63. The lowest BCUT2D eigenvalue weighted by Crippen LogP contribution is -2.50. The third-order valence-corrected chi connectivity index (χ3v) is 11.5. The number of piperidine rings is 1. The maximum Gasteiger partial charge on any atom is 0.306 e. The molecule has 1 aliphatic heterocycles. The Morgan fingerprint density at radius 2 is 1.85 bits per heavy atom. The molecule has 14 heteroatoms. The standard InChI is InChI=1S/C40H61N5O8S/c1-9-26(4)31(22-35(47)33-15-11-13-17-44(33)7)39(49)45(18-19-52-8)34(25(2)3)23-36(53-28(6)46)38-43-32(24-54-38)37(48)42-30(20-27(5)40(50)51)21-29-14-10-12-16-41-29/h10,12,14,16,24-27,30-31,33-34,36H,9,11,13,15,17-23H2,1-8H3,(H,42,48)(H,50,51)/t26?,27-,30+,31?,33?,34+,36+/m0/s1. The van der Waals surface area contributed by atoms with Crippen LogP contribution in [-0.2, 0) is 35.1 Å². The summed E-state index contributed by atoms with van der Waals surface area (Å²) in [5, 5.41) is 14.5. The monoisotopic (exact) mass is 771 g/mol. The molecule has 54 heavy (non-hydrogen) atoms. The first kappa shape index (κ1) is 44.6. The molecule has 2 aromatic heterocycles. The largest absolute Gasteiger partial charge is 0.481 e. The van der Waals surface area contributed by atoms with Crippen LogP contribution in [0.3, 0.4) is 0 Å². The van der Waals surface area contributed by atoms with E-state index in [0.29, 0.717) is 17.1 Å². The Morgan fingerprint density at radius 1 is 1.11 bits per heavy atom. The van der Waals surface area contributed by atoms with Crippen molar-refractivity contribution in [1.29, 1.82) is 0 Å². The Kier molecular flexibility index (Phi) is 18.2. The van der Waals surface area contributed by atoms with Crippen LogP contribution in [0.4, 0.5) is 0 Å². The Labute approximate surface area is 324 Å². The van der Waals surface area contributed by atoms with Crippen LogP contribution in [-0.4, -0.2) is 106 Å². The molecular weight excluding hydrogens is 711 g/mol. The number of carboxylic acids is 1.